The molecular weight excluding hydrogens is 914 g/mol. The zero-order valence-corrected chi connectivity index (χ0v) is 38.3. The van der Waals surface area contributed by atoms with Gasteiger partial charge in [0.1, 0.15) is 11.6 Å². The molecule has 0 fully saturated rings. The number of hydrogen-bond acceptors (Lipinski definition) is 3. The standard InChI is InChI=1S/C55H54N3O.Pt/c1-35-24-25-48(44(28-35)37-20-15-12-16-21-37)58-49-23-17-22-43(50(49)57-52(58)45-33-42(54(5,6)7)34-46(51(45)59)55(8,9)10)39-29-40(31-41(30-39)53(2,3)4)47-32-38(26-27-56-47)36-18-13-11-14-19-36;/h11-28,30-34,59H,1-10H3;/q-1;/i11D,13D,14D,18D,19D;. The Morgan fingerprint density at radius 2 is 1.30 bits per heavy atom. The number of aromatic hydroxyl groups is 1. The maximum Gasteiger partial charge on any atom is 0.148 e. The van der Waals surface area contributed by atoms with E-state index in [9.17, 15) is 5.11 Å². The number of fused-ring (bicyclic) bond motifs is 1. The van der Waals surface area contributed by atoms with Crippen LogP contribution >= 0.6 is 0 Å². The molecule has 0 saturated heterocycles. The zero-order chi connectivity index (χ0) is 46.2. The van der Waals surface area contributed by atoms with Crippen LogP contribution < -0.4 is 0 Å². The van der Waals surface area contributed by atoms with Crippen molar-refractivity contribution in [2.45, 2.75) is 85.5 Å². The predicted molar refractivity (Wildman–Crippen MR) is 247 cm³/mol. The second-order valence-electron chi connectivity index (χ2n) is 18.6. The second-order valence-corrected chi connectivity index (χ2v) is 18.6. The Morgan fingerprint density at radius 1 is 0.617 bits per heavy atom. The first-order valence-corrected chi connectivity index (χ1v) is 20.2. The molecule has 0 radical (unpaired) electrons. The van der Waals surface area contributed by atoms with Crippen molar-refractivity contribution in [3.8, 4) is 67.5 Å². The van der Waals surface area contributed by atoms with E-state index in [1.807, 2.05) is 24.3 Å². The van der Waals surface area contributed by atoms with Crippen LogP contribution in [0.2, 0.25) is 0 Å². The van der Waals surface area contributed by atoms with Gasteiger partial charge in [-0.2, -0.15) is 0 Å². The first kappa shape index (κ1) is 36.3. The minimum absolute atomic E-state index is 0. The van der Waals surface area contributed by atoms with Gasteiger partial charge in [0.05, 0.1) is 29.1 Å². The summed E-state index contributed by atoms with van der Waals surface area (Å²) in [5.41, 5.74) is 11.8. The molecule has 2 aromatic heterocycles. The molecule has 6 aromatic carbocycles. The molecule has 8 aromatic rings. The van der Waals surface area contributed by atoms with Gasteiger partial charge in [0.15, 0.2) is 0 Å². The Kier molecular flexibility index (Phi) is 9.76. The van der Waals surface area contributed by atoms with Crippen LogP contribution in [0.1, 0.15) is 91.4 Å². The molecule has 0 bridgehead atoms. The minimum Gasteiger partial charge on any atom is -0.507 e. The van der Waals surface area contributed by atoms with Crippen LogP contribution in [-0.2, 0) is 37.3 Å². The van der Waals surface area contributed by atoms with E-state index in [0.717, 1.165) is 61.2 Å². The average molecular weight is 973 g/mol. The predicted octanol–water partition coefficient (Wildman–Crippen LogP) is 14.5. The Labute approximate surface area is 377 Å². The van der Waals surface area contributed by atoms with E-state index in [0.29, 0.717) is 28.2 Å². The SMILES string of the molecule is [2H]c1c([2H])c([2H])c(-c2ccnc(-c3[c-]c(-c4cccc5c4nc(-c4cc(C(C)(C)C)cc(C(C)(C)C)c4O)n5-c4ccc(C)cc4-c4ccccc4)cc(C(C)(C)C)c3)c2)c([2H])c1[2H].[Pt]. The number of hydrogen-bond donors (Lipinski definition) is 1. The number of para-hydroxylation sites is 1. The van der Waals surface area contributed by atoms with Crippen LogP contribution in [0.25, 0.3) is 72.7 Å². The maximum atomic E-state index is 12.4. The van der Waals surface area contributed by atoms with Crippen LogP contribution in [0, 0.1) is 13.0 Å². The van der Waals surface area contributed by atoms with Crippen molar-refractivity contribution >= 4 is 11.0 Å². The molecule has 306 valence electrons. The largest absolute Gasteiger partial charge is 0.507 e. The molecule has 0 atom stereocenters. The van der Waals surface area contributed by atoms with E-state index in [1.165, 1.54) is 0 Å². The third-order valence-electron chi connectivity index (χ3n) is 11.0. The van der Waals surface area contributed by atoms with Gasteiger partial charge in [-0.25, -0.2) is 4.98 Å². The third kappa shape index (κ3) is 8.28. The van der Waals surface area contributed by atoms with E-state index in [2.05, 4.69) is 147 Å². The normalized spacial score (nSPS) is 13.3. The minimum atomic E-state index is -0.436. The summed E-state index contributed by atoms with van der Waals surface area (Å²) >= 11 is 0. The van der Waals surface area contributed by atoms with Crippen molar-refractivity contribution in [2.75, 3.05) is 0 Å². The Hall–Kier alpha value is -5.57. The zero-order valence-electron chi connectivity index (χ0n) is 41.0. The second kappa shape index (κ2) is 16.1. The van der Waals surface area contributed by atoms with Gasteiger partial charge in [-0.3, -0.25) is 9.55 Å². The fraction of sp³-hybridized carbons (Fsp3) is 0.236. The van der Waals surface area contributed by atoms with Gasteiger partial charge >= 0.3 is 0 Å². The summed E-state index contributed by atoms with van der Waals surface area (Å²) in [6.07, 6.45) is 1.60. The van der Waals surface area contributed by atoms with E-state index < -0.39 is 6.04 Å². The number of phenols is 1. The number of pyridine rings is 1. The fourth-order valence-electron chi connectivity index (χ4n) is 7.66. The maximum absolute atomic E-state index is 12.4. The van der Waals surface area contributed by atoms with Gasteiger partial charge in [-0.15, -0.1) is 29.3 Å². The van der Waals surface area contributed by atoms with Crippen LogP contribution in [-0.4, -0.2) is 19.6 Å². The van der Waals surface area contributed by atoms with Gasteiger partial charge in [0.25, 0.3) is 0 Å². The summed E-state index contributed by atoms with van der Waals surface area (Å²) in [4.78, 5) is 10.3. The number of aryl methyl sites for hydroxylation is 1. The van der Waals surface area contributed by atoms with Crippen LogP contribution in [0.5, 0.6) is 5.75 Å². The molecule has 0 aliphatic rings. The molecule has 2 heterocycles. The molecule has 5 heteroatoms. The molecule has 8 rings (SSSR count). The van der Waals surface area contributed by atoms with Gasteiger partial charge in [0.2, 0.25) is 0 Å². The Bertz CT molecular complexity index is 3110. The van der Waals surface area contributed by atoms with Crippen LogP contribution in [0.4, 0.5) is 0 Å². The molecule has 1 N–H and O–H groups in total. The van der Waals surface area contributed by atoms with Gasteiger partial charge in [-0.1, -0.05) is 170 Å². The van der Waals surface area contributed by atoms with Gasteiger partial charge in [0, 0.05) is 44.1 Å². The molecular formula is C55H54N3OPt-. The van der Waals surface area contributed by atoms with Crippen molar-refractivity contribution in [3.05, 3.63) is 168 Å². The number of benzene rings is 6. The summed E-state index contributed by atoms with van der Waals surface area (Å²) < 4.78 is 44.3. The molecule has 0 saturated carbocycles. The molecule has 0 aliphatic heterocycles. The monoisotopic (exact) mass is 972 g/mol. The summed E-state index contributed by atoms with van der Waals surface area (Å²) in [6.45, 7) is 21.5. The van der Waals surface area contributed by atoms with Crippen molar-refractivity contribution in [3.63, 3.8) is 0 Å². The summed E-state index contributed by atoms with van der Waals surface area (Å²) in [6, 6.07) is 36.8. The summed E-state index contributed by atoms with van der Waals surface area (Å²) in [5, 5.41) is 12.4. The first-order valence-electron chi connectivity index (χ1n) is 22.7. The van der Waals surface area contributed by atoms with Gasteiger partial charge in [-0.05, 0) is 75.8 Å². The number of nitrogens with zero attached hydrogens (tertiary/aromatic N) is 3. The number of imidazole rings is 1. The number of phenolic OH excluding ortho intramolecular Hbond substituents is 1. The molecule has 0 unspecified atom stereocenters. The Morgan fingerprint density at radius 3 is 1.98 bits per heavy atom. The Balaban J connectivity index is 0.00000630. The van der Waals surface area contributed by atoms with E-state index in [1.54, 1.807) is 18.3 Å². The third-order valence-corrected chi connectivity index (χ3v) is 11.0. The average Bonchev–Trinajstić information content (AvgIpc) is 3.63. The van der Waals surface area contributed by atoms with Crippen molar-refractivity contribution in [2.24, 2.45) is 0 Å². The van der Waals surface area contributed by atoms with Crippen LogP contribution in [0.15, 0.2) is 140 Å². The molecule has 0 amide bonds. The van der Waals surface area contributed by atoms with E-state index in [4.69, 9.17) is 16.8 Å². The molecule has 0 spiro atoms. The first-order chi connectivity index (χ1) is 30.0. The van der Waals surface area contributed by atoms with Crippen molar-refractivity contribution in [1.29, 1.82) is 0 Å². The van der Waals surface area contributed by atoms with E-state index in [-0.39, 0.29) is 72.8 Å². The number of aromatic nitrogens is 3. The van der Waals surface area contributed by atoms with Gasteiger partial charge < -0.3 is 5.11 Å². The van der Waals surface area contributed by atoms with Crippen molar-refractivity contribution in [1.82, 2.24) is 14.5 Å². The fourth-order valence-corrected chi connectivity index (χ4v) is 7.66. The van der Waals surface area contributed by atoms with Crippen LogP contribution in [0.3, 0.4) is 0 Å². The smallest absolute Gasteiger partial charge is 0.148 e. The topological polar surface area (TPSA) is 50.9 Å². The summed E-state index contributed by atoms with van der Waals surface area (Å²) in [7, 11) is 0. The quantitative estimate of drug-likeness (QED) is 0.169. The summed E-state index contributed by atoms with van der Waals surface area (Å²) in [5.74, 6) is 0.804. The molecule has 4 nitrogen and oxygen atoms in total. The van der Waals surface area contributed by atoms with E-state index >= 15 is 0 Å². The van der Waals surface area contributed by atoms with Crippen molar-refractivity contribution < 1.29 is 33.0 Å². The molecule has 0 aliphatic carbocycles. The molecule has 60 heavy (non-hydrogen) atoms. The number of rotatable bonds is 6.